The molecule has 1 aromatic carbocycles. The second-order valence-corrected chi connectivity index (χ2v) is 7.62. The molecular formula is C17H25Cl2NO2. The molecule has 124 valence electrons. The lowest BCUT2D eigenvalue weighted by atomic mass is 9.86. The van der Waals surface area contributed by atoms with Gasteiger partial charge in [0.25, 0.3) is 0 Å². The smallest absolute Gasteiger partial charge is 0.223 e. The molecule has 1 rings (SSSR count). The molecule has 0 fully saturated rings. The van der Waals surface area contributed by atoms with Gasteiger partial charge in [0.05, 0.1) is 6.10 Å². The third-order valence-electron chi connectivity index (χ3n) is 3.58. The summed E-state index contributed by atoms with van der Waals surface area (Å²) >= 11 is 12.0. The van der Waals surface area contributed by atoms with Crippen molar-refractivity contribution in [3.63, 3.8) is 0 Å². The fourth-order valence-electron chi connectivity index (χ4n) is 2.48. The molecule has 3 nitrogen and oxygen atoms in total. The van der Waals surface area contributed by atoms with E-state index in [4.69, 9.17) is 23.2 Å². The van der Waals surface area contributed by atoms with Crippen LogP contribution in [0.25, 0.3) is 0 Å². The van der Waals surface area contributed by atoms with Gasteiger partial charge in [-0.05, 0) is 42.9 Å². The van der Waals surface area contributed by atoms with E-state index < -0.39 is 0 Å². The van der Waals surface area contributed by atoms with Crippen molar-refractivity contribution in [1.82, 2.24) is 5.32 Å². The minimum atomic E-state index is -0.378. The van der Waals surface area contributed by atoms with Crippen LogP contribution in [-0.2, 0) is 11.2 Å². The SMILES string of the molecule is CC(O)CC(C)(C)CNC(=O)C(C)Cc1ccc(Cl)cc1Cl. The van der Waals surface area contributed by atoms with Gasteiger partial charge in [0.1, 0.15) is 0 Å². The second kappa shape index (κ2) is 8.19. The minimum Gasteiger partial charge on any atom is -0.393 e. The predicted octanol–water partition coefficient (Wildman–Crippen LogP) is 4.09. The number of amides is 1. The van der Waals surface area contributed by atoms with E-state index in [1.165, 1.54) is 0 Å². The van der Waals surface area contributed by atoms with Crippen LogP contribution in [0.2, 0.25) is 10.0 Å². The van der Waals surface area contributed by atoms with Crippen LogP contribution in [-0.4, -0.2) is 23.7 Å². The Bertz CT molecular complexity index is 515. The Balaban J connectivity index is 2.55. The maximum absolute atomic E-state index is 12.2. The second-order valence-electron chi connectivity index (χ2n) is 6.78. The summed E-state index contributed by atoms with van der Waals surface area (Å²) in [4.78, 5) is 12.2. The molecule has 1 amide bonds. The molecule has 2 atom stereocenters. The Morgan fingerprint density at radius 3 is 2.50 bits per heavy atom. The molecule has 0 saturated carbocycles. The molecule has 0 spiro atoms. The molecular weight excluding hydrogens is 321 g/mol. The predicted molar refractivity (Wildman–Crippen MR) is 92.4 cm³/mol. The van der Waals surface area contributed by atoms with E-state index in [1.807, 2.05) is 26.8 Å². The minimum absolute atomic E-state index is 0.00955. The highest BCUT2D eigenvalue weighted by molar-refractivity contribution is 6.35. The summed E-state index contributed by atoms with van der Waals surface area (Å²) in [6.45, 7) is 8.23. The first kappa shape index (κ1) is 19.3. The van der Waals surface area contributed by atoms with E-state index >= 15 is 0 Å². The third-order valence-corrected chi connectivity index (χ3v) is 4.16. The van der Waals surface area contributed by atoms with Gasteiger partial charge in [-0.25, -0.2) is 0 Å². The number of carbonyl (C=O) groups excluding carboxylic acids is 1. The molecule has 5 heteroatoms. The molecule has 0 aliphatic carbocycles. The molecule has 0 radical (unpaired) electrons. The summed E-state index contributed by atoms with van der Waals surface area (Å²) in [5, 5.41) is 13.6. The van der Waals surface area contributed by atoms with Crippen LogP contribution >= 0.6 is 23.2 Å². The van der Waals surface area contributed by atoms with Crippen LogP contribution in [0.1, 0.15) is 39.7 Å². The van der Waals surface area contributed by atoms with Gasteiger partial charge in [-0.3, -0.25) is 4.79 Å². The monoisotopic (exact) mass is 345 g/mol. The van der Waals surface area contributed by atoms with Gasteiger partial charge in [0.2, 0.25) is 5.91 Å². The Hall–Kier alpha value is -0.770. The number of hydrogen-bond acceptors (Lipinski definition) is 2. The first-order valence-corrected chi connectivity index (χ1v) is 8.26. The molecule has 0 aliphatic heterocycles. The van der Waals surface area contributed by atoms with Crippen LogP contribution in [0, 0.1) is 11.3 Å². The largest absolute Gasteiger partial charge is 0.393 e. The van der Waals surface area contributed by atoms with Crippen molar-refractivity contribution >= 4 is 29.1 Å². The summed E-state index contributed by atoms with van der Waals surface area (Å²) in [5.74, 6) is -0.189. The molecule has 0 bridgehead atoms. The lowest BCUT2D eigenvalue weighted by Crippen LogP contribution is -2.38. The zero-order chi connectivity index (χ0) is 16.9. The Kier molecular flexibility index (Phi) is 7.17. The number of aliphatic hydroxyl groups excluding tert-OH is 1. The molecule has 0 saturated heterocycles. The van der Waals surface area contributed by atoms with Crippen molar-refractivity contribution in [2.45, 2.75) is 46.6 Å². The van der Waals surface area contributed by atoms with E-state index in [9.17, 15) is 9.90 Å². The van der Waals surface area contributed by atoms with Crippen molar-refractivity contribution in [3.05, 3.63) is 33.8 Å². The maximum atomic E-state index is 12.2. The summed E-state index contributed by atoms with van der Waals surface area (Å²) in [5.41, 5.74) is 0.776. The Morgan fingerprint density at radius 2 is 1.95 bits per heavy atom. The van der Waals surface area contributed by atoms with Crippen molar-refractivity contribution in [1.29, 1.82) is 0 Å². The fraction of sp³-hybridized carbons (Fsp3) is 0.588. The van der Waals surface area contributed by atoms with Gasteiger partial charge in [0.15, 0.2) is 0 Å². The zero-order valence-electron chi connectivity index (χ0n) is 13.6. The first-order chi connectivity index (χ1) is 10.1. The van der Waals surface area contributed by atoms with E-state index in [0.717, 1.165) is 5.56 Å². The highest BCUT2D eigenvalue weighted by Gasteiger charge is 2.23. The first-order valence-electron chi connectivity index (χ1n) is 7.50. The normalized spacial score (nSPS) is 14.5. The average Bonchev–Trinajstić information content (AvgIpc) is 2.37. The van der Waals surface area contributed by atoms with Crippen molar-refractivity contribution < 1.29 is 9.90 Å². The van der Waals surface area contributed by atoms with E-state index in [2.05, 4.69) is 5.32 Å². The highest BCUT2D eigenvalue weighted by atomic mass is 35.5. The van der Waals surface area contributed by atoms with Crippen LogP contribution in [0.4, 0.5) is 0 Å². The number of aliphatic hydroxyl groups is 1. The van der Waals surface area contributed by atoms with Gasteiger partial charge < -0.3 is 10.4 Å². The van der Waals surface area contributed by atoms with Crippen LogP contribution < -0.4 is 5.32 Å². The summed E-state index contributed by atoms with van der Waals surface area (Å²) < 4.78 is 0. The number of benzene rings is 1. The standard InChI is InChI=1S/C17H25Cl2NO2/c1-11(7-13-5-6-14(18)8-15(13)19)16(22)20-10-17(3,4)9-12(2)21/h5-6,8,11-12,21H,7,9-10H2,1-4H3,(H,20,22). The van der Waals surface area contributed by atoms with Crippen molar-refractivity contribution in [2.75, 3.05) is 6.54 Å². The third kappa shape index (κ3) is 6.55. The molecule has 22 heavy (non-hydrogen) atoms. The molecule has 2 N–H and O–H groups in total. The van der Waals surface area contributed by atoms with Gasteiger partial charge in [-0.2, -0.15) is 0 Å². The van der Waals surface area contributed by atoms with Gasteiger partial charge >= 0.3 is 0 Å². The number of carbonyl (C=O) groups is 1. The van der Waals surface area contributed by atoms with Gasteiger partial charge in [-0.15, -0.1) is 0 Å². The Labute approximate surface area is 143 Å². The molecule has 2 unspecified atom stereocenters. The lowest BCUT2D eigenvalue weighted by molar-refractivity contribution is -0.125. The van der Waals surface area contributed by atoms with E-state index in [-0.39, 0.29) is 23.3 Å². The maximum Gasteiger partial charge on any atom is 0.223 e. The zero-order valence-corrected chi connectivity index (χ0v) is 15.1. The quantitative estimate of drug-likeness (QED) is 0.781. The van der Waals surface area contributed by atoms with Crippen LogP contribution in [0.5, 0.6) is 0 Å². The van der Waals surface area contributed by atoms with Crippen LogP contribution in [0.15, 0.2) is 18.2 Å². The van der Waals surface area contributed by atoms with E-state index in [1.54, 1.807) is 19.1 Å². The van der Waals surface area contributed by atoms with Crippen LogP contribution in [0.3, 0.4) is 0 Å². The van der Waals surface area contributed by atoms with Gasteiger partial charge in [-0.1, -0.05) is 50.0 Å². The lowest BCUT2D eigenvalue weighted by Gasteiger charge is -2.27. The van der Waals surface area contributed by atoms with Crippen molar-refractivity contribution in [2.24, 2.45) is 11.3 Å². The fourth-order valence-corrected chi connectivity index (χ4v) is 2.97. The van der Waals surface area contributed by atoms with Gasteiger partial charge in [0, 0.05) is 22.5 Å². The summed E-state index contributed by atoms with van der Waals surface area (Å²) in [6.07, 6.45) is 0.834. The van der Waals surface area contributed by atoms with Crippen molar-refractivity contribution in [3.8, 4) is 0 Å². The average molecular weight is 346 g/mol. The number of hydrogen-bond donors (Lipinski definition) is 2. The summed E-state index contributed by atoms with van der Waals surface area (Å²) in [6, 6.07) is 5.32. The number of nitrogens with one attached hydrogen (secondary N) is 1. The Morgan fingerprint density at radius 1 is 1.32 bits per heavy atom. The number of rotatable bonds is 7. The molecule has 1 aromatic rings. The summed E-state index contributed by atoms with van der Waals surface area (Å²) in [7, 11) is 0. The molecule has 0 aromatic heterocycles. The number of halogens is 2. The van der Waals surface area contributed by atoms with E-state index in [0.29, 0.717) is 29.4 Å². The molecule has 0 aliphatic rings. The topological polar surface area (TPSA) is 49.3 Å². The highest BCUT2D eigenvalue weighted by Crippen LogP contribution is 2.24. The molecule has 0 heterocycles.